The summed E-state index contributed by atoms with van der Waals surface area (Å²) in [5.41, 5.74) is 0.363. The summed E-state index contributed by atoms with van der Waals surface area (Å²) in [4.78, 5) is 2.49. The summed E-state index contributed by atoms with van der Waals surface area (Å²) in [6.45, 7) is 9.57. The molecule has 3 heteroatoms. The first-order chi connectivity index (χ1) is 6.70. The lowest BCUT2D eigenvalue weighted by Gasteiger charge is -2.39. The van der Waals surface area contributed by atoms with Gasteiger partial charge in [0.05, 0.1) is 6.61 Å². The quantitative estimate of drug-likeness (QED) is 0.673. The van der Waals surface area contributed by atoms with E-state index >= 15 is 0 Å². The van der Waals surface area contributed by atoms with Crippen molar-refractivity contribution in [1.29, 1.82) is 0 Å². The van der Waals surface area contributed by atoms with Gasteiger partial charge in [-0.1, -0.05) is 0 Å². The van der Waals surface area contributed by atoms with E-state index in [2.05, 4.69) is 24.2 Å². The van der Waals surface area contributed by atoms with Crippen molar-refractivity contribution in [2.75, 3.05) is 39.9 Å². The van der Waals surface area contributed by atoms with Gasteiger partial charge in [0.25, 0.3) is 0 Å². The van der Waals surface area contributed by atoms with Gasteiger partial charge in [0, 0.05) is 18.7 Å². The molecular formula is C11H24N2O. The van der Waals surface area contributed by atoms with Gasteiger partial charge in [-0.05, 0) is 46.8 Å². The van der Waals surface area contributed by atoms with Crippen molar-refractivity contribution in [3.63, 3.8) is 0 Å². The van der Waals surface area contributed by atoms with E-state index in [1.54, 1.807) is 0 Å². The van der Waals surface area contributed by atoms with Crippen molar-refractivity contribution in [3.05, 3.63) is 0 Å². The summed E-state index contributed by atoms with van der Waals surface area (Å²) in [5, 5.41) is 3.41. The van der Waals surface area contributed by atoms with Crippen molar-refractivity contribution in [1.82, 2.24) is 10.2 Å². The van der Waals surface area contributed by atoms with Crippen molar-refractivity contribution >= 4 is 0 Å². The molecule has 0 bridgehead atoms. The Hall–Kier alpha value is -0.120. The lowest BCUT2D eigenvalue weighted by Crippen LogP contribution is -2.50. The third-order valence-corrected chi connectivity index (χ3v) is 3.32. The zero-order chi connectivity index (χ0) is 10.4. The number of rotatable bonds is 5. The molecule has 1 saturated heterocycles. The first-order valence-electron chi connectivity index (χ1n) is 5.69. The normalized spacial score (nSPS) is 22.5. The fourth-order valence-electron chi connectivity index (χ4n) is 1.86. The van der Waals surface area contributed by atoms with E-state index in [-0.39, 0.29) is 0 Å². The second-order valence-electron chi connectivity index (χ2n) is 4.35. The van der Waals surface area contributed by atoms with Crippen LogP contribution in [0.2, 0.25) is 0 Å². The van der Waals surface area contributed by atoms with Crippen molar-refractivity contribution in [2.45, 2.75) is 32.2 Å². The topological polar surface area (TPSA) is 24.5 Å². The number of hydrogen-bond donors (Lipinski definition) is 1. The summed E-state index contributed by atoms with van der Waals surface area (Å²) >= 11 is 0. The van der Waals surface area contributed by atoms with Crippen LogP contribution in [0.1, 0.15) is 26.7 Å². The van der Waals surface area contributed by atoms with Crippen LogP contribution < -0.4 is 5.32 Å². The molecule has 14 heavy (non-hydrogen) atoms. The van der Waals surface area contributed by atoms with E-state index in [0.29, 0.717) is 5.54 Å². The molecule has 0 aromatic heterocycles. The predicted molar refractivity (Wildman–Crippen MR) is 59.6 cm³/mol. The molecule has 84 valence electrons. The van der Waals surface area contributed by atoms with Crippen LogP contribution in [0.15, 0.2) is 0 Å². The molecule has 0 aromatic carbocycles. The minimum absolute atomic E-state index is 0.363. The highest BCUT2D eigenvalue weighted by molar-refractivity contribution is 4.87. The molecule has 1 heterocycles. The van der Waals surface area contributed by atoms with Gasteiger partial charge in [0.15, 0.2) is 0 Å². The minimum Gasteiger partial charge on any atom is -0.380 e. The zero-order valence-electron chi connectivity index (χ0n) is 9.81. The SMILES string of the molecule is CCOCCN1CCC(C)(NC)CC1. The molecule has 1 N–H and O–H groups in total. The maximum Gasteiger partial charge on any atom is 0.0593 e. The second-order valence-corrected chi connectivity index (χ2v) is 4.35. The van der Waals surface area contributed by atoms with Gasteiger partial charge in [-0.2, -0.15) is 0 Å². The maximum absolute atomic E-state index is 5.36. The van der Waals surface area contributed by atoms with E-state index in [0.717, 1.165) is 19.8 Å². The average Bonchev–Trinajstić information content (AvgIpc) is 2.22. The van der Waals surface area contributed by atoms with Gasteiger partial charge in [0.2, 0.25) is 0 Å². The Morgan fingerprint density at radius 2 is 2.00 bits per heavy atom. The van der Waals surface area contributed by atoms with Crippen molar-refractivity contribution in [3.8, 4) is 0 Å². The Kier molecular flexibility index (Phi) is 4.85. The molecule has 0 spiro atoms. The van der Waals surface area contributed by atoms with Gasteiger partial charge in [0.1, 0.15) is 0 Å². The molecule has 0 amide bonds. The van der Waals surface area contributed by atoms with Crippen molar-refractivity contribution < 1.29 is 4.74 Å². The first kappa shape index (κ1) is 12.0. The Morgan fingerprint density at radius 3 is 2.50 bits per heavy atom. The summed E-state index contributed by atoms with van der Waals surface area (Å²) in [6, 6.07) is 0. The predicted octanol–water partition coefficient (Wildman–Crippen LogP) is 1.10. The zero-order valence-corrected chi connectivity index (χ0v) is 9.81. The minimum atomic E-state index is 0.363. The van der Waals surface area contributed by atoms with Crippen LogP contribution in [-0.2, 0) is 4.74 Å². The molecule has 1 aliphatic heterocycles. The van der Waals surface area contributed by atoms with Gasteiger partial charge in [-0.25, -0.2) is 0 Å². The molecule has 0 aromatic rings. The number of nitrogens with zero attached hydrogens (tertiary/aromatic N) is 1. The maximum atomic E-state index is 5.36. The van der Waals surface area contributed by atoms with Crippen LogP contribution in [0.5, 0.6) is 0 Å². The highest BCUT2D eigenvalue weighted by atomic mass is 16.5. The fourth-order valence-corrected chi connectivity index (χ4v) is 1.86. The van der Waals surface area contributed by atoms with E-state index < -0.39 is 0 Å². The number of piperidine rings is 1. The molecule has 0 atom stereocenters. The van der Waals surface area contributed by atoms with Crippen LogP contribution in [0, 0.1) is 0 Å². The molecule has 3 nitrogen and oxygen atoms in total. The van der Waals surface area contributed by atoms with Crippen LogP contribution in [0.25, 0.3) is 0 Å². The third kappa shape index (κ3) is 3.56. The highest BCUT2D eigenvalue weighted by Gasteiger charge is 2.27. The van der Waals surface area contributed by atoms with E-state index in [1.807, 2.05) is 6.92 Å². The largest absolute Gasteiger partial charge is 0.380 e. The Labute approximate surface area is 87.8 Å². The number of nitrogens with one attached hydrogen (secondary N) is 1. The van der Waals surface area contributed by atoms with Gasteiger partial charge in [-0.15, -0.1) is 0 Å². The van der Waals surface area contributed by atoms with Crippen LogP contribution >= 0.6 is 0 Å². The number of hydrogen-bond acceptors (Lipinski definition) is 3. The molecule has 1 fully saturated rings. The van der Waals surface area contributed by atoms with E-state index in [1.165, 1.54) is 25.9 Å². The fraction of sp³-hybridized carbons (Fsp3) is 1.00. The highest BCUT2D eigenvalue weighted by Crippen LogP contribution is 2.20. The second kappa shape index (κ2) is 5.69. The Morgan fingerprint density at radius 1 is 1.36 bits per heavy atom. The van der Waals surface area contributed by atoms with Crippen LogP contribution in [0.4, 0.5) is 0 Å². The standard InChI is InChI=1S/C11H24N2O/c1-4-14-10-9-13-7-5-11(2,12-3)6-8-13/h12H,4-10H2,1-3H3. The Bertz CT molecular complexity index is 153. The molecule has 1 rings (SSSR count). The van der Waals surface area contributed by atoms with Gasteiger partial charge >= 0.3 is 0 Å². The Balaban J connectivity index is 2.15. The summed E-state index contributed by atoms with van der Waals surface area (Å²) in [7, 11) is 2.07. The van der Waals surface area contributed by atoms with Crippen LogP contribution in [-0.4, -0.2) is 50.3 Å². The van der Waals surface area contributed by atoms with Gasteiger partial charge in [-0.3, -0.25) is 0 Å². The lowest BCUT2D eigenvalue weighted by molar-refractivity contribution is 0.0873. The smallest absolute Gasteiger partial charge is 0.0593 e. The van der Waals surface area contributed by atoms with E-state index in [9.17, 15) is 0 Å². The third-order valence-electron chi connectivity index (χ3n) is 3.32. The van der Waals surface area contributed by atoms with Gasteiger partial charge < -0.3 is 15.0 Å². The number of likely N-dealkylation sites (tertiary alicyclic amines) is 1. The summed E-state index contributed by atoms with van der Waals surface area (Å²) in [5.74, 6) is 0. The average molecular weight is 200 g/mol. The summed E-state index contributed by atoms with van der Waals surface area (Å²) < 4.78 is 5.36. The molecule has 0 saturated carbocycles. The molecule has 0 unspecified atom stereocenters. The molecule has 0 aliphatic carbocycles. The van der Waals surface area contributed by atoms with E-state index in [4.69, 9.17) is 4.74 Å². The van der Waals surface area contributed by atoms with Crippen LogP contribution in [0.3, 0.4) is 0 Å². The van der Waals surface area contributed by atoms with Crippen molar-refractivity contribution in [2.24, 2.45) is 0 Å². The molecule has 1 aliphatic rings. The molecule has 0 radical (unpaired) electrons. The number of ether oxygens (including phenoxy) is 1. The lowest BCUT2D eigenvalue weighted by atomic mass is 9.90. The monoisotopic (exact) mass is 200 g/mol. The summed E-state index contributed by atoms with van der Waals surface area (Å²) in [6.07, 6.45) is 2.49. The first-order valence-corrected chi connectivity index (χ1v) is 5.69. The molecular weight excluding hydrogens is 176 g/mol.